The molecule has 0 aliphatic heterocycles. The quantitative estimate of drug-likeness (QED) is 0.833. The summed E-state index contributed by atoms with van der Waals surface area (Å²) in [5.41, 5.74) is 0.705. The summed E-state index contributed by atoms with van der Waals surface area (Å²) in [6.07, 6.45) is 6.62. The first-order chi connectivity index (χ1) is 8.66. The monoisotopic (exact) mass is 267 g/mol. The second-order valence-corrected chi connectivity index (χ2v) is 5.50. The zero-order chi connectivity index (χ0) is 13.0. The van der Waals surface area contributed by atoms with Gasteiger partial charge in [0.25, 0.3) is 0 Å². The second kappa shape index (κ2) is 6.11. The highest BCUT2D eigenvalue weighted by molar-refractivity contribution is 7.11. The van der Waals surface area contributed by atoms with E-state index < -0.39 is 5.97 Å². The van der Waals surface area contributed by atoms with E-state index >= 15 is 0 Å². The van der Waals surface area contributed by atoms with Crippen molar-refractivity contribution in [2.24, 2.45) is 11.8 Å². The number of nitrogens with zero attached hydrogens (tertiary/aromatic N) is 1. The van der Waals surface area contributed by atoms with Crippen molar-refractivity contribution < 1.29 is 14.6 Å². The first-order valence-corrected chi connectivity index (χ1v) is 6.95. The first kappa shape index (κ1) is 13.2. The molecule has 5 heteroatoms. The average molecular weight is 267 g/mol. The van der Waals surface area contributed by atoms with Crippen LogP contribution in [0.5, 0.6) is 0 Å². The van der Waals surface area contributed by atoms with Crippen molar-refractivity contribution in [3.05, 3.63) is 28.2 Å². The van der Waals surface area contributed by atoms with Crippen LogP contribution in [0.4, 0.5) is 0 Å². The summed E-state index contributed by atoms with van der Waals surface area (Å²) in [4.78, 5) is 14.7. The van der Waals surface area contributed by atoms with E-state index in [0.717, 1.165) is 24.2 Å². The number of ether oxygens (including phenoxy) is 1. The predicted molar refractivity (Wildman–Crippen MR) is 69.8 cm³/mol. The first-order valence-electron chi connectivity index (χ1n) is 6.07. The Labute approximate surface area is 110 Å². The molecule has 2 rings (SSSR count). The molecule has 2 atom stereocenters. The number of carboxylic acid groups (broad SMARTS) is 1. The topological polar surface area (TPSA) is 59.4 Å². The Balaban J connectivity index is 1.77. The molecule has 1 aromatic rings. The molecule has 0 amide bonds. The number of carboxylic acids is 1. The Morgan fingerprint density at radius 2 is 2.33 bits per heavy atom. The van der Waals surface area contributed by atoms with E-state index in [1.54, 1.807) is 5.38 Å². The van der Waals surface area contributed by atoms with Crippen LogP contribution in [0.3, 0.4) is 0 Å². The fourth-order valence-electron chi connectivity index (χ4n) is 2.03. The van der Waals surface area contributed by atoms with Crippen molar-refractivity contribution in [2.45, 2.75) is 26.4 Å². The van der Waals surface area contributed by atoms with Crippen LogP contribution in [0.15, 0.2) is 17.5 Å². The SMILES string of the molecule is CC1CC=CCC1COCc1csc(C(=O)O)n1. The van der Waals surface area contributed by atoms with Gasteiger partial charge in [0.05, 0.1) is 18.9 Å². The number of hydrogen-bond donors (Lipinski definition) is 1. The Morgan fingerprint density at radius 1 is 1.56 bits per heavy atom. The summed E-state index contributed by atoms with van der Waals surface area (Å²) < 4.78 is 5.64. The van der Waals surface area contributed by atoms with Gasteiger partial charge >= 0.3 is 5.97 Å². The lowest BCUT2D eigenvalue weighted by Gasteiger charge is -2.24. The number of aromatic nitrogens is 1. The Morgan fingerprint density at radius 3 is 3.00 bits per heavy atom. The lowest BCUT2D eigenvalue weighted by molar-refractivity contribution is 0.0654. The highest BCUT2D eigenvalue weighted by Gasteiger charge is 2.18. The highest BCUT2D eigenvalue weighted by atomic mass is 32.1. The molecule has 1 aliphatic rings. The van der Waals surface area contributed by atoms with Crippen molar-refractivity contribution in [1.29, 1.82) is 0 Å². The Bertz CT molecular complexity index is 441. The summed E-state index contributed by atoms with van der Waals surface area (Å²) in [6, 6.07) is 0. The molecule has 0 spiro atoms. The summed E-state index contributed by atoms with van der Waals surface area (Å²) in [5, 5.41) is 10.6. The largest absolute Gasteiger partial charge is 0.476 e. The molecule has 1 aliphatic carbocycles. The minimum Gasteiger partial charge on any atom is -0.476 e. The third kappa shape index (κ3) is 3.40. The molecular weight excluding hydrogens is 250 g/mol. The van der Waals surface area contributed by atoms with E-state index in [2.05, 4.69) is 24.1 Å². The van der Waals surface area contributed by atoms with Crippen molar-refractivity contribution in [2.75, 3.05) is 6.61 Å². The number of hydrogen-bond acceptors (Lipinski definition) is 4. The van der Waals surface area contributed by atoms with Crippen molar-refractivity contribution in [1.82, 2.24) is 4.98 Å². The predicted octanol–water partition coefficient (Wildman–Crippen LogP) is 2.96. The van der Waals surface area contributed by atoms with Gasteiger partial charge in [0.15, 0.2) is 0 Å². The van der Waals surface area contributed by atoms with Crippen molar-refractivity contribution in [3.8, 4) is 0 Å². The van der Waals surface area contributed by atoms with Crippen LogP contribution in [-0.4, -0.2) is 22.7 Å². The number of aromatic carboxylic acids is 1. The van der Waals surface area contributed by atoms with Gasteiger partial charge in [0, 0.05) is 5.38 Å². The second-order valence-electron chi connectivity index (χ2n) is 4.64. The van der Waals surface area contributed by atoms with Gasteiger partial charge in [-0.15, -0.1) is 11.3 Å². The van der Waals surface area contributed by atoms with Gasteiger partial charge in [-0.2, -0.15) is 0 Å². The van der Waals surface area contributed by atoms with E-state index in [0.29, 0.717) is 30.7 Å². The minimum absolute atomic E-state index is 0.127. The summed E-state index contributed by atoms with van der Waals surface area (Å²) in [6.45, 7) is 3.35. The third-order valence-corrected chi connectivity index (χ3v) is 4.11. The molecule has 4 nitrogen and oxygen atoms in total. The van der Waals surface area contributed by atoms with Crippen LogP contribution < -0.4 is 0 Å². The van der Waals surface area contributed by atoms with Gasteiger partial charge < -0.3 is 9.84 Å². The molecule has 1 aromatic heterocycles. The molecular formula is C13H17NO3S. The van der Waals surface area contributed by atoms with E-state index in [9.17, 15) is 4.79 Å². The zero-order valence-corrected chi connectivity index (χ0v) is 11.2. The molecule has 1 heterocycles. The fraction of sp³-hybridized carbons (Fsp3) is 0.538. The number of carbonyl (C=O) groups is 1. The third-order valence-electron chi connectivity index (χ3n) is 3.23. The molecule has 0 aromatic carbocycles. The number of rotatable bonds is 5. The van der Waals surface area contributed by atoms with E-state index in [1.165, 1.54) is 0 Å². The molecule has 0 radical (unpaired) electrons. The van der Waals surface area contributed by atoms with Crippen LogP contribution in [0.25, 0.3) is 0 Å². The summed E-state index contributed by atoms with van der Waals surface area (Å²) >= 11 is 1.14. The van der Waals surface area contributed by atoms with Gasteiger partial charge in [-0.1, -0.05) is 19.1 Å². The lowest BCUT2D eigenvalue weighted by atomic mass is 9.85. The van der Waals surface area contributed by atoms with E-state index in [-0.39, 0.29) is 5.01 Å². The standard InChI is InChI=1S/C13H17NO3S/c1-9-4-2-3-5-10(9)6-17-7-11-8-18-12(14-11)13(15)16/h2-3,8-10H,4-7H2,1H3,(H,15,16). The lowest BCUT2D eigenvalue weighted by Crippen LogP contribution is -2.19. The summed E-state index contributed by atoms with van der Waals surface area (Å²) in [7, 11) is 0. The van der Waals surface area contributed by atoms with Crippen molar-refractivity contribution >= 4 is 17.3 Å². The fourth-order valence-corrected chi connectivity index (χ4v) is 2.66. The van der Waals surface area contributed by atoms with Crippen LogP contribution in [0, 0.1) is 11.8 Å². The maximum Gasteiger partial charge on any atom is 0.365 e. The normalized spacial score (nSPS) is 23.2. The molecule has 0 bridgehead atoms. The molecule has 0 saturated carbocycles. The van der Waals surface area contributed by atoms with Crippen molar-refractivity contribution in [3.63, 3.8) is 0 Å². The van der Waals surface area contributed by atoms with Crippen LogP contribution in [0.1, 0.15) is 35.3 Å². The number of allylic oxidation sites excluding steroid dienone is 2. The average Bonchev–Trinajstić information content (AvgIpc) is 2.80. The van der Waals surface area contributed by atoms with Crippen LogP contribution in [0.2, 0.25) is 0 Å². The van der Waals surface area contributed by atoms with Crippen LogP contribution in [-0.2, 0) is 11.3 Å². The molecule has 0 fully saturated rings. The zero-order valence-electron chi connectivity index (χ0n) is 10.3. The highest BCUT2D eigenvalue weighted by Crippen LogP contribution is 2.25. The Hall–Kier alpha value is -1.20. The van der Waals surface area contributed by atoms with Gasteiger partial charge in [-0.05, 0) is 24.7 Å². The molecule has 1 N–H and O–H groups in total. The molecule has 2 unspecified atom stereocenters. The molecule has 18 heavy (non-hydrogen) atoms. The maximum atomic E-state index is 10.7. The van der Waals surface area contributed by atoms with Gasteiger partial charge in [0.2, 0.25) is 5.01 Å². The Kier molecular flexibility index (Phi) is 4.49. The van der Waals surface area contributed by atoms with Gasteiger partial charge in [0.1, 0.15) is 0 Å². The van der Waals surface area contributed by atoms with Gasteiger partial charge in [-0.25, -0.2) is 9.78 Å². The molecule has 98 valence electrons. The molecule has 0 saturated heterocycles. The van der Waals surface area contributed by atoms with E-state index in [4.69, 9.17) is 9.84 Å². The van der Waals surface area contributed by atoms with Gasteiger partial charge in [-0.3, -0.25) is 0 Å². The number of thiazole rings is 1. The summed E-state index contributed by atoms with van der Waals surface area (Å²) in [5.74, 6) is 0.241. The minimum atomic E-state index is -0.975. The smallest absolute Gasteiger partial charge is 0.365 e. The van der Waals surface area contributed by atoms with E-state index in [1.807, 2.05) is 0 Å². The van der Waals surface area contributed by atoms with Crippen LogP contribution >= 0.6 is 11.3 Å². The maximum absolute atomic E-state index is 10.7.